The van der Waals surface area contributed by atoms with Crippen molar-refractivity contribution >= 4 is 23.2 Å². The predicted molar refractivity (Wildman–Crippen MR) is 139 cm³/mol. The van der Waals surface area contributed by atoms with Crippen LogP contribution < -0.4 is 4.74 Å². The third kappa shape index (κ3) is 6.84. The van der Waals surface area contributed by atoms with Gasteiger partial charge in [-0.25, -0.2) is 0 Å². The Morgan fingerprint density at radius 2 is 1.76 bits per heavy atom. The van der Waals surface area contributed by atoms with Crippen molar-refractivity contribution in [2.45, 2.75) is 66.3 Å². The molecule has 2 amide bonds. The predicted octanol–water partition coefficient (Wildman–Crippen LogP) is 5.91. The molecule has 2 heterocycles. The highest BCUT2D eigenvalue weighted by molar-refractivity contribution is 7.10. The number of nitrogens with zero attached hydrogens (tertiary/aromatic N) is 2. The first kappa shape index (κ1) is 26.3. The molecule has 0 unspecified atom stereocenters. The Morgan fingerprint density at radius 3 is 2.38 bits per heavy atom. The van der Waals surface area contributed by atoms with Gasteiger partial charge in [0.15, 0.2) is 0 Å². The lowest BCUT2D eigenvalue weighted by Crippen LogP contribution is -2.48. The maximum atomic E-state index is 13.5. The summed E-state index contributed by atoms with van der Waals surface area (Å²) in [6.45, 7) is 14.4. The van der Waals surface area contributed by atoms with Gasteiger partial charge in [-0.05, 0) is 58.9 Å². The summed E-state index contributed by atoms with van der Waals surface area (Å²) in [5.74, 6) is 1.92. The lowest BCUT2D eigenvalue weighted by Gasteiger charge is -2.37. The molecule has 1 aromatic carbocycles. The standard InChI is InChI=1S/C28H40N2O3S/c1-19(2)15-27(31)29(16-20(3)4)17-28(32)30-13-11-26-24(12-14-34-26)25(30)18-33-23-9-7-22(8-10-23)21(5)6/h7-10,12,14,19-21,25H,11,13,15-18H2,1-6H3/t25-/m1/s1. The zero-order valence-corrected chi connectivity index (χ0v) is 22.4. The lowest BCUT2D eigenvalue weighted by atomic mass is 10.00. The van der Waals surface area contributed by atoms with Crippen molar-refractivity contribution in [3.63, 3.8) is 0 Å². The number of hydrogen-bond donors (Lipinski definition) is 0. The molecule has 0 radical (unpaired) electrons. The average molecular weight is 485 g/mol. The molecule has 0 fully saturated rings. The van der Waals surface area contributed by atoms with Gasteiger partial charge in [0.2, 0.25) is 11.8 Å². The van der Waals surface area contributed by atoms with E-state index in [4.69, 9.17) is 4.74 Å². The third-order valence-corrected chi connectivity index (χ3v) is 7.21. The first-order valence-corrected chi connectivity index (χ1v) is 13.4. The quantitative estimate of drug-likeness (QED) is 0.421. The van der Waals surface area contributed by atoms with E-state index < -0.39 is 0 Å². The van der Waals surface area contributed by atoms with Crippen LogP contribution in [0.15, 0.2) is 35.7 Å². The van der Waals surface area contributed by atoms with E-state index in [9.17, 15) is 9.59 Å². The van der Waals surface area contributed by atoms with Gasteiger partial charge in [0.1, 0.15) is 12.4 Å². The number of rotatable bonds is 10. The first-order chi connectivity index (χ1) is 16.2. The molecule has 6 heteroatoms. The normalized spacial score (nSPS) is 15.7. The molecule has 0 saturated carbocycles. The maximum absolute atomic E-state index is 13.5. The van der Waals surface area contributed by atoms with Gasteiger partial charge in [-0.1, -0.05) is 53.7 Å². The summed E-state index contributed by atoms with van der Waals surface area (Å²) < 4.78 is 6.19. The van der Waals surface area contributed by atoms with Crippen molar-refractivity contribution < 1.29 is 14.3 Å². The number of carbonyl (C=O) groups is 2. The SMILES string of the molecule is CC(C)CC(=O)N(CC(=O)N1CCc2sccc2[C@H]1COc1ccc(C(C)C)cc1)CC(C)C. The van der Waals surface area contributed by atoms with Gasteiger partial charge in [-0.2, -0.15) is 0 Å². The van der Waals surface area contributed by atoms with Crippen LogP contribution in [-0.4, -0.2) is 47.9 Å². The Labute approximate surface area is 209 Å². The molecule has 2 aromatic rings. The summed E-state index contributed by atoms with van der Waals surface area (Å²) in [5, 5.41) is 2.10. The van der Waals surface area contributed by atoms with E-state index in [2.05, 4.69) is 51.3 Å². The molecule has 5 nitrogen and oxygen atoms in total. The largest absolute Gasteiger partial charge is 0.491 e. The summed E-state index contributed by atoms with van der Waals surface area (Å²) in [6, 6.07) is 10.2. The van der Waals surface area contributed by atoms with Crippen LogP contribution in [0.2, 0.25) is 0 Å². The molecule has 3 rings (SSSR count). The number of amides is 2. The molecule has 1 atom stereocenters. The Hall–Kier alpha value is -2.34. The average Bonchev–Trinajstić information content (AvgIpc) is 3.25. The molecule has 1 aliphatic heterocycles. The van der Waals surface area contributed by atoms with Gasteiger partial charge in [0.25, 0.3) is 0 Å². The number of carbonyl (C=O) groups excluding carboxylic acids is 2. The van der Waals surface area contributed by atoms with E-state index in [0.29, 0.717) is 38.0 Å². The van der Waals surface area contributed by atoms with Crippen molar-refractivity contribution in [2.24, 2.45) is 11.8 Å². The summed E-state index contributed by atoms with van der Waals surface area (Å²) in [4.78, 5) is 31.4. The van der Waals surface area contributed by atoms with E-state index in [1.165, 1.54) is 16.0 Å². The summed E-state index contributed by atoms with van der Waals surface area (Å²) in [7, 11) is 0. The molecule has 0 spiro atoms. The van der Waals surface area contributed by atoms with Gasteiger partial charge in [0.05, 0.1) is 12.6 Å². The van der Waals surface area contributed by atoms with Gasteiger partial charge in [-0.15, -0.1) is 11.3 Å². The maximum Gasteiger partial charge on any atom is 0.242 e. The molecule has 186 valence electrons. The number of fused-ring (bicyclic) bond motifs is 1. The molecule has 1 aromatic heterocycles. The lowest BCUT2D eigenvalue weighted by molar-refractivity contribution is -0.143. The van der Waals surface area contributed by atoms with Crippen LogP contribution in [-0.2, 0) is 16.0 Å². The molecular weight excluding hydrogens is 444 g/mol. The van der Waals surface area contributed by atoms with Crippen LogP contribution in [0.5, 0.6) is 5.75 Å². The number of ether oxygens (including phenoxy) is 1. The Balaban J connectivity index is 1.75. The number of thiophene rings is 1. The van der Waals surface area contributed by atoms with E-state index in [-0.39, 0.29) is 30.3 Å². The smallest absolute Gasteiger partial charge is 0.242 e. The molecule has 34 heavy (non-hydrogen) atoms. The molecule has 0 aliphatic carbocycles. The van der Waals surface area contributed by atoms with Crippen molar-refractivity contribution in [1.29, 1.82) is 0 Å². The number of benzene rings is 1. The second-order valence-corrected chi connectivity index (χ2v) is 11.5. The van der Waals surface area contributed by atoms with Crippen LogP contribution in [0, 0.1) is 11.8 Å². The fourth-order valence-corrected chi connectivity index (χ4v) is 5.35. The van der Waals surface area contributed by atoms with E-state index in [1.54, 1.807) is 16.2 Å². The fourth-order valence-electron chi connectivity index (χ4n) is 4.43. The Kier molecular flexibility index (Phi) is 9.17. The minimum Gasteiger partial charge on any atom is -0.491 e. The van der Waals surface area contributed by atoms with Crippen molar-refractivity contribution in [2.75, 3.05) is 26.2 Å². The van der Waals surface area contributed by atoms with Crippen molar-refractivity contribution in [3.05, 3.63) is 51.7 Å². The molecule has 0 bridgehead atoms. The van der Waals surface area contributed by atoms with E-state index >= 15 is 0 Å². The summed E-state index contributed by atoms with van der Waals surface area (Å²) >= 11 is 1.75. The zero-order valence-electron chi connectivity index (χ0n) is 21.5. The monoisotopic (exact) mass is 484 g/mol. The van der Waals surface area contributed by atoms with Crippen molar-refractivity contribution in [1.82, 2.24) is 9.80 Å². The van der Waals surface area contributed by atoms with Crippen LogP contribution in [0.3, 0.4) is 0 Å². The molecule has 0 N–H and O–H groups in total. The van der Waals surface area contributed by atoms with Crippen LogP contribution in [0.25, 0.3) is 0 Å². The van der Waals surface area contributed by atoms with Crippen LogP contribution in [0.1, 0.15) is 75.9 Å². The molecule has 0 saturated heterocycles. The Morgan fingerprint density at radius 1 is 1.06 bits per heavy atom. The van der Waals surface area contributed by atoms with Gasteiger partial charge in [0, 0.05) is 24.4 Å². The van der Waals surface area contributed by atoms with E-state index in [0.717, 1.165) is 12.2 Å². The summed E-state index contributed by atoms with van der Waals surface area (Å²) in [5.41, 5.74) is 2.45. The first-order valence-electron chi connectivity index (χ1n) is 12.5. The summed E-state index contributed by atoms with van der Waals surface area (Å²) in [6.07, 6.45) is 1.32. The number of hydrogen-bond acceptors (Lipinski definition) is 4. The zero-order chi connectivity index (χ0) is 24.8. The fraction of sp³-hybridized carbons (Fsp3) is 0.571. The molecular formula is C28H40N2O3S. The van der Waals surface area contributed by atoms with E-state index in [1.807, 2.05) is 30.9 Å². The Bertz CT molecular complexity index is 949. The second kappa shape index (κ2) is 11.9. The topological polar surface area (TPSA) is 49.9 Å². The second-order valence-electron chi connectivity index (χ2n) is 10.5. The van der Waals surface area contributed by atoms with Gasteiger partial charge >= 0.3 is 0 Å². The van der Waals surface area contributed by atoms with Gasteiger partial charge < -0.3 is 14.5 Å². The molecule has 1 aliphatic rings. The van der Waals surface area contributed by atoms with Crippen molar-refractivity contribution in [3.8, 4) is 5.75 Å². The third-order valence-electron chi connectivity index (χ3n) is 6.22. The minimum absolute atomic E-state index is 0.00152. The highest BCUT2D eigenvalue weighted by Crippen LogP contribution is 2.34. The van der Waals surface area contributed by atoms with Crippen LogP contribution >= 0.6 is 11.3 Å². The highest BCUT2D eigenvalue weighted by atomic mass is 32.1. The minimum atomic E-state index is -0.145. The highest BCUT2D eigenvalue weighted by Gasteiger charge is 2.33. The van der Waals surface area contributed by atoms with Crippen LogP contribution in [0.4, 0.5) is 0 Å². The van der Waals surface area contributed by atoms with Gasteiger partial charge in [-0.3, -0.25) is 9.59 Å².